The van der Waals surface area contributed by atoms with Gasteiger partial charge in [0.1, 0.15) is 0 Å². The Labute approximate surface area is 187 Å². The lowest BCUT2D eigenvalue weighted by Crippen LogP contribution is -2.36. The van der Waals surface area contributed by atoms with Crippen molar-refractivity contribution in [3.8, 4) is 0 Å². The maximum Gasteiger partial charge on any atom is 0.175 e. The first-order valence-corrected chi connectivity index (χ1v) is 12.7. The molecule has 3 atom stereocenters. The minimum Gasteiger partial charge on any atom is -0.374 e. The minimum absolute atomic E-state index is 0.170. The number of rotatable bonds is 5. The molecular weight excluding hydrogens is 426 g/mol. The number of hydrogen-bond acceptors (Lipinski definition) is 8. The summed E-state index contributed by atoms with van der Waals surface area (Å²) >= 11 is 0. The predicted molar refractivity (Wildman–Crippen MR) is 124 cm³/mol. The number of aryl methyl sites for hydroxylation is 1. The third-order valence-electron chi connectivity index (χ3n) is 6.55. The van der Waals surface area contributed by atoms with Gasteiger partial charge in [-0.25, -0.2) is 8.42 Å². The topological polar surface area (TPSA) is 97.3 Å². The second-order valence-electron chi connectivity index (χ2n) is 8.83. The first-order valence-electron chi connectivity index (χ1n) is 10.8. The molecule has 4 heterocycles. The maximum atomic E-state index is 12.2. The average Bonchev–Trinajstić information content (AvgIpc) is 3.38. The standard InChI is InChI=1S/C23H27N5O3S/c1-13-19(6-5-7-21(13)32(4,29)30)14(2)25-23-20-9-16(10-24-22(20)15(3)26-27-23)28-11-18-8-17(28)12-31-18/h5-7,9-10,14,17-18H,8,11-12H2,1-4H3,(H,25,27)/t14-,17?,18?/m1/s1. The first-order chi connectivity index (χ1) is 15.2. The van der Waals surface area contributed by atoms with Crippen molar-refractivity contribution in [1.29, 1.82) is 0 Å². The number of hydrogen-bond donors (Lipinski definition) is 1. The maximum absolute atomic E-state index is 12.2. The van der Waals surface area contributed by atoms with E-state index in [1.54, 1.807) is 12.1 Å². The summed E-state index contributed by atoms with van der Waals surface area (Å²) in [5.41, 5.74) is 4.28. The summed E-state index contributed by atoms with van der Waals surface area (Å²) < 4.78 is 30.0. The van der Waals surface area contributed by atoms with Crippen molar-refractivity contribution >= 4 is 32.2 Å². The zero-order valence-corrected chi connectivity index (χ0v) is 19.5. The normalized spacial score (nSPS) is 21.3. The fraction of sp³-hybridized carbons (Fsp3) is 0.435. The van der Waals surface area contributed by atoms with Gasteiger partial charge in [0.05, 0.1) is 52.8 Å². The number of morpholine rings is 1. The first kappa shape index (κ1) is 21.1. The lowest BCUT2D eigenvalue weighted by Gasteiger charge is -2.29. The van der Waals surface area contributed by atoms with Gasteiger partial charge in [0, 0.05) is 18.2 Å². The summed E-state index contributed by atoms with van der Waals surface area (Å²) in [5, 5.41) is 13.1. The fourth-order valence-corrected chi connectivity index (χ4v) is 5.91. The van der Waals surface area contributed by atoms with Gasteiger partial charge in [-0.05, 0) is 50.5 Å². The lowest BCUT2D eigenvalue weighted by atomic mass is 10.0. The molecule has 2 aliphatic heterocycles. The Bertz CT molecular complexity index is 1310. The number of benzene rings is 1. The summed E-state index contributed by atoms with van der Waals surface area (Å²) in [4.78, 5) is 7.42. The van der Waals surface area contributed by atoms with Crippen LogP contribution in [0.2, 0.25) is 0 Å². The number of nitrogens with zero attached hydrogens (tertiary/aromatic N) is 4. The molecule has 1 aromatic carbocycles. The molecule has 2 saturated heterocycles. The zero-order chi connectivity index (χ0) is 22.6. The van der Waals surface area contributed by atoms with Crippen molar-refractivity contribution in [2.75, 3.05) is 29.6 Å². The largest absolute Gasteiger partial charge is 0.374 e. The van der Waals surface area contributed by atoms with Gasteiger partial charge in [-0.1, -0.05) is 12.1 Å². The van der Waals surface area contributed by atoms with E-state index in [0.717, 1.165) is 53.0 Å². The third-order valence-corrected chi connectivity index (χ3v) is 7.79. The van der Waals surface area contributed by atoms with Crippen LogP contribution < -0.4 is 10.2 Å². The van der Waals surface area contributed by atoms with E-state index in [0.29, 0.717) is 22.9 Å². The molecule has 0 amide bonds. The molecule has 2 fully saturated rings. The summed E-state index contributed by atoms with van der Waals surface area (Å²) in [6.07, 6.45) is 4.50. The number of ether oxygens (including phenoxy) is 1. The highest BCUT2D eigenvalue weighted by Gasteiger charge is 2.39. The van der Waals surface area contributed by atoms with E-state index in [9.17, 15) is 8.42 Å². The quantitative estimate of drug-likeness (QED) is 0.629. The Hall–Kier alpha value is -2.78. The van der Waals surface area contributed by atoms with E-state index < -0.39 is 9.84 Å². The number of fused-ring (bicyclic) bond motifs is 3. The Morgan fingerprint density at radius 1 is 1.25 bits per heavy atom. The van der Waals surface area contributed by atoms with Crippen LogP contribution in [0.4, 0.5) is 11.5 Å². The van der Waals surface area contributed by atoms with E-state index in [-0.39, 0.29) is 6.04 Å². The van der Waals surface area contributed by atoms with Crippen molar-refractivity contribution in [2.45, 2.75) is 50.3 Å². The van der Waals surface area contributed by atoms with Crippen LogP contribution in [0.3, 0.4) is 0 Å². The van der Waals surface area contributed by atoms with E-state index in [1.807, 2.05) is 33.0 Å². The number of pyridine rings is 1. The molecule has 1 N–H and O–H groups in total. The Kier molecular flexibility index (Phi) is 5.05. The molecule has 2 bridgehead atoms. The molecule has 9 heteroatoms. The van der Waals surface area contributed by atoms with Crippen LogP contribution in [0.5, 0.6) is 0 Å². The minimum atomic E-state index is -3.30. The Morgan fingerprint density at radius 2 is 2.06 bits per heavy atom. The third kappa shape index (κ3) is 3.59. The van der Waals surface area contributed by atoms with Gasteiger partial charge >= 0.3 is 0 Å². The van der Waals surface area contributed by atoms with Crippen molar-refractivity contribution in [3.05, 3.63) is 47.3 Å². The van der Waals surface area contributed by atoms with Crippen LogP contribution in [0.25, 0.3) is 10.9 Å². The van der Waals surface area contributed by atoms with Crippen LogP contribution >= 0.6 is 0 Å². The fourth-order valence-electron chi connectivity index (χ4n) is 4.91. The molecule has 0 radical (unpaired) electrons. The van der Waals surface area contributed by atoms with Crippen molar-refractivity contribution < 1.29 is 13.2 Å². The molecular formula is C23H27N5O3S. The van der Waals surface area contributed by atoms with Crippen LogP contribution in [0.15, 0.2) is 35.4 Å². The molecule has 2 unspecified atom stereocenters. The van der Waals surface area contributed by atoms with Crippen LogP contribution in [-0.4, -0.2) is 55.2 Å². The zero-order valence-electron chi connectivity index (χ0n) is 18.7. The second kappa shape index (κ2) is 7.67. The van der Waals surface area contributed by atoms with Gasteiger partial charge in [-0.15, -0.1) is 5.10 Å². The smallest absolute Gasteiger partial charge is 0.175 e. The van der Waals surface area contributed by atoms with Gasteiger partial charge in [-0.2, -0.15) is 5.10 Å². The van der Waals surface area contributed by atoms with E-state index >= 15 is 0 Å². The SMILES string of the molecule is Cc1c([C@@H](C)Nc2nnc(C)c3ncc(N4CC5CC4CO5)cc23)cccc1S(C)(=O)=O. The van der Waals surface area contributed by atoms with Gasteiger partial charge in [0.25, 0.3) is 0 Å². The summed E-state index contributed by atoms with van der Waals surface area (Å²) in [7, 11) is -3.30. The van der Waals surface area contributed by atoms with Crippen molar-refractivity contribution in [1.82, 2.24) is 15.2 Å². The summed E-state index contributed by atoms with van der Waals surface area (Å²) in [6, 6.07) is 7.71. The highest BCUT2D eigenvalue weighted by molar-refractivity contribution is 7.90. The van der Waals surface area contributed by atoms with Crippen LogP contribution in [0, 0.1) is 13.8 Å². The molecule has 32 heavy (non-hydrogen) atoms. The molecule has 8 nitrogen and oxygen atoms in total. The molecule has 5 rings (SSSR count). The molecule has 2 aliphatic rings. The molecule has 2 aromatic heterocycles. The summed E-state index contributed by atoms with van der Waals surface area (Å²) in [6.45, 7) is 7.38. The van der Waals surface area contributed by atoms with Crippen molar-refractivity contribution in [2.24, 2.45) is 0 Å². The molecule has 0 saturated carbocycles. The van der Waals surface area contributed by atoms with Gasteiger partial charge in [0.15, 0.2) is 15.7 Å². The number of aromatic nitrogens is 3. The highest BCUT2D eigenvalue weighted by Crippen LogP contribution is 2.35. The molecule has 0 spiro atoms. The average molecular weight is 454 g/mol. The van der Waals surface area contributed by atoms with Gasteiger partial charge < -0.3 is 15.0 Å². The van der Waals surface area contributed by atoms with Gasteiger partial charge in [0.2, 0.25) is 0 Å². The van der Waals surface area contributed by atoms with Gasteiger partial charge in [-0.3, -0.25) is 4.98 Å². The molecule has 0 aliphatic carbocycles. The number of anilines is 2. The summed E-state index contributed by atoms with van der Waals surface area (Å²) in [5.74, 6) is 0.636. The Balaban J connectivity index is 1.52. The highest BCUT2D eigenvalue weighted by atomic mass is 32.2. The number of nitrogens with one attached hydrogen (secondary N) is 1. The van der Waals surface area contributed by atoms with Crippen LogP contribution in [0.1, 0.15) is 36.2 Å². The lowest BCUT2D eigenvalue weighted by molar-refractivity contribution is 0.0991. The monoisotopic (exact) mass is 453 g/mol. The number of sulfone groups is 1. The van der Waals surface area contributed by atoms with Crippen LogP contribution in [-0.2, 0) is 14.6 Å². The van der Waals surface area contributed by atoms with E-state index in [2.05, 4.69) is 26.5 Å². The predicted octanol–water partition coefficient (Wildman–Crippen LogP) is 3.20. The molecule has 168 valence electrons. The van der Waals surface area contributed by atoms with Crippen molar-refractivity contribution in [3.63, 3.8) is 0 Å². The van der Waals surface area contributed by atoms with E-state index in [1.165, 1.54) is 6.26 Å². The molecule has 3 aromatic rings. The second-order valence-corrected chi connectivity index (χ2v) is 10.8. The van der Waals surface area contributed by atoms with E-state index in [4.69, 9.17) is 9.72 Å². The Morgan fingerprint density at radius 3 is 2.75 bits per heavy atom.